The SMILES string of the molecule is CC(C)Oc1ccc(Br)cc1C(=O)NC(=S)Nc1cc(Cl)ccc1Cl. The Kier molecular flexibility index (Phi) is 7.07. The van der Waals surface area contributed by atoms with Crippen molar-refractivity contribution in [1.82, 2.24) is 5.32 Å². The monoisotopic (exact) mass is 460 g/mol. The lowest BCUT2D eigenvalue weighted by Gasteiger charge is -2.15. The highest BCUT2D eigenvalue weighted by Crippen LogP contribution is 2.26. The van der Waals surface area contributed by atoms with Crippen LogP contribution in [0.15, 0.2) is 40.9 Å². The third-order valence-electron chi connectivity index (χ3n) is 2.95. The maximum atomic E-state index is 12.6. The van der Waals surface area contributed by atoms with Crippen molar-refractivity contribution in [3.63, 3.8) is 0 Å². The summed E-state index contributed by atoms with van der Waals surface area (Å²) in [6.45, 7) is 3.77. The van der Waals surface area contributed by atoms with Crippen LogP contribution in [0.1, 0.15) is 24.2 Å². The molecule has 2 N–H and O–H groups in total. The van der Waals surface area contributed by atoms with Crippen LogP contribution in [-0.4, -0.2) is 17.1 Å². The first-order valence-electron chi connectivity index (χ1n) is 7.30. The molecule has 0 radical (unpaired) electrons. The second kappa shape index (κ2) is 8.85. The van der Waals surface area contributed by atoms with E-state index in [4.69, 9.17) is 40.2 Å². The molecule has 132 valence electrons. The van der Waals surface area contributed by atoms with Gasteiger partial charge in [-0.3, -0.25) is 10.1 Å². The number of carbonyl (C=O) groups excluding carboxylic acids is 1. The van der Waals surface area contributed by atoms with Gasteiger partial charge in [-0.15, -0.1) is 0 Å². The Bertz CT molecular complexity index is 815. The smallest absolute Gasteiger partial charge is 0.261 e. The van der Waals surface area contributed by atoms with Gasteiger partial charge in [-0.25, -0.2) is 0 Å². The Morgan fingerprint density at radius 2 is 1.92 bits per heavy atom. The van der Waals surface area contributed by atoms with Crippen molar-refractivity contribution in [3.05, 3.63) is 56.5 Å². The number of anilines is 1. The molecule has 8 heteroatoms. The molecular formula is C17H15BrCl2N2O2S. The Morgan fingerprint density at radius 1 is 1.20 bits per heavy atom. The molecule has 0 bridgehead atoms. The number of benzene rings is 2. The van der Waals surface area contributed by atoms with Crippen molar-refractivity contribution >= 4 is 68.1 Å². The highest BCUT2D eigenvalue weighted by Gasteiger charge is 2.16. The van der Waals surface area contributed by atoms with E-state index in [-0.39, 0.29) is 11.2 Å². The van der Waals surface area contributed by atoms with Crippen LogP contribution in [0.5, 0.6) is 5.75 Å². The van der Waals surface area contributed by atoms with Gasteiger partial charge < -0.3 is 10.1 Å². The highest BCUT2D eigenvalue weighted by atomic mass is 79.9. The molecule has 0 aliphatic heterocycles. The predicted octanol–water partition coefficient (Wildman–Crippen LogP) is 5.67. The average Bonchev–Trinajstić information content (AvgIpc) is 2.52. The Labute approximate surface area is 170 Å². The summed E-state index contributed by atoms with van der Waals surface area (Å²) in [6.07, 6.45) is -0.0666. The van der Waals surface area contributed by atoms with Gasteiger partial charge in [0.1, 0.15) is 5.75 Å². The number of hydrogen-bond donors (Lipinski definition) is 2. The first kappa shape index (κ1) is 20.0. The fourth-order valence-electron chi connectivity index (χ4n) is 1.95. The van der Waals surface area contributed by atoms with E-state index in [1.165, 1.54) is 0 Å². The zero-order valence-electron chi connectivity index (χ0n) is 13.4. The fraction of sp³-hybridized carbons (Fsp3) is 0.176. The molecule has 0 aliphatic carbocycles. The molecule has 0 fully saturated rings. The van der Waals surface area contributed by atoms with Gasteiger partial charge in [0.15, 0.2) is 5.11 Å². The van der Waals surface area contributed by atoms with E-state index in [0.29, 0.717) is 27.0 Å². The Morgan fingerprint density at radius 3 is 2.60 bits per heavy atom. The zero-order chi connectivity index (χ0) is 18.6. The van der Waals surface area contributed by atoms with Gasteiger partial charge in [0, 0.05) is 9.50 Å². The van der Waals surface area contributed by atoms with Crippen LogP contribution >= 0.6 is 51.3 Å². The largest absolute Gasteiger partial charge is 0.490 e. The highest BCUT2D eigenvalue weighted by molar-refractivity contribution is 9.10. The van der Waals surface area contributed by atoms with Crippen LogP contribution in [0.2, 0.25) is 10.0 Å². The van der Waals surface area contributed by atoms with E-state index in [9.17, 15) is 4.79 Å². The van der Waals surface area contributed by atoms with Gasteiger partial charge in [0.05, 0.1) is 22.4 Å². The molecule has 0 unspecified atom stereocenters. The van der Waals surface area contributed by atoms with Gasteiger partial charge in [0.2, 0.25) is 0 Å². The van der Waals surface area contributed by atoms with Crippen LogP contribution in [0, 0.1) is 0 Å². The van der Waals surface area contributed by atoms with E-state index in [1.807, 2.05) is 13.8 Å². The van der Waals surface area contributed by atoms with Crippen LogP contribution in [0.3, 0.4) is 0 Å². The minimum atomic E-state index is -0.396. The van der Waals surface area contributed by atoms with Gasteiger partial charge in [-0.1, -0.05) is 39.1 Å². The summed E-state index contributed by atoms with van der Waals surface area (Å²) in [7, 11) is 0. The molecular weight excluding hydrogens is 447 g/mol. The first-order valence-corrected chi connectivity index (χ1v) is 9.25. The lowest BCUT2D eigenvalue weighted by atomic mass is 10.2. The number of carbonyl (C=O) groups is 1. The molecule has 0 spiro atoms. The molecule has 0 saturated carbocycles. The van der Waals surface area contributed by atoms with Crippen molar-refractivity contribution in [2.24, 2.45) is 0 Å². The lowest BCUT2D eigenvalue weighted by Crippen LogP contribution is -2.34. The van der Waals surface area contributed by atoms with E-state index in [0.717, 1.165) is 4.47 Å². The lowest BCUT2D eigenvalue weighted by molar-refractivity contribution is 0.0972. The van der Waals surface area contributed by atoms with Crippen LogP contribution in [-0.2, 0) is 0 Å². The van der Waals surface area contributed by atoms with Crippen molar-refractivity contribution in [2.45, 2.75) is 20.0 Å². The van der Waals surface area contributed by atoms with E-state index in [1.54, 1.807) is 36.4 Å². The van der Waals surface area contributed by atoms with Gasteiger partial charge in [-0.2, -0.15) is 0 Å². The van der Waals surface area contributed by atoms with E-state index >= 15 is 0 Å². The molecule has 0 saturated heterocycles. The number of halogens is 3. The molecule has 2 aromatic carbocycles. The average molecular weight is 462 g/mol. The zero-order valence-corrected chi connectivity index (χ0v) is 17.3. The molecule has 2 rings (SSSR count). The Balaban J connectivity index is 2.15. The number of amides is 1. The molecule has 0 aliphatic rings. The quantitative estimate of drug-likeness (QED) is 0.576. The van der Waals surface area contributed by atoms with Crippen LogP contribution < -0.4 is 15.4 Å². The van der Waals surface area contributed by atoms with Crippen molar-refractivity contribution in [2.75, 3.05) is 5.32 Å². The summed E-state index contributed by atoms with van der Waals surface area (Å²) in [4.78, 5) is 12.6. The maximum absolute atomic E-state index is 12.6. The minimum Gasteiger partial charge on any atom is -0.490 e. The third-order valence-corrected chi connectivity index (χ3v) is 4.21. The van der Waals surface area contributed by atoms with Crippen molar-refractivity contribution < 1.29 is 9.53 Å². The second-order valence-electron chi connectivity index (χ2n) is 5.34. The molecule has 0 atom stereocenters. The summed E-state index contributed by atoms with van der Waals surface area (Å²) in [5.41, 5.74) is 0.872. The number of nitrogens with one attached hydrogen (secondary N) is 2. The third kappa shape index (κ3) is 5.85. The van der Waals surface area contributed by atoms with Crippen molar-refractivity contribution in [1.29, 1.82) is 0 Å². The number of hydrogen-bond acceptors (Lipinski definition) is 3. The number of rotatable bonds is 4. The standard InChI is InChI=1S/C17H15BrCl2N2O2S/c1-9(2)24-15-6-3-10(18)7-12(15)16(23)22-17(25)21-14-8-11(19)4-5-13(14)20/h3-9H,1-2H3,(H2,21,22,23,25). The van der Waals surface area contributed by atoms with E-state index < -0.39 is 5.91 Å². The molecule has 0 heterocycles. The van der Waals surface area contributed by atoms with Crippen molar-refractivity contribution in [3.8, 4) is 5.75 Å². The van der Waals surface area contributed by atoms with Gasteiger partial charge >= 0.3 is 0 Å². The minimum absolute atomic E-state index is 0.0666. The molecule has 0 aromatic heterocycles. The molecule has 2 aromatic rings. The van der Waals surface area contributed by atoms with Gasteiger partial charge in [-0.05, 0) is 62.5 Å². The fourth-order valence-corrected chi connectivity index (χ4v) is 2.85. The summed E-state index contributed by atoms with van der Waals surface area (Å²) in [5, 5.41) is 6.51. The topological polar surface area (TPSA) is 50.4 Å². The summed E-state index contributed by atoms with van der Waals surface area (Å²) < 4.78 is 6.43. The Hall–Kier alpha value is -1.34. The molecule has 1 amide bonds. The summed E-state index contributed by atoms with van der Waals surface area (Å²) in [6, 6.07) is 10.1. The molecule has 4 nitrogen and oxygen atoms in total. The summed E-state index contributed by atoms with van der Waals surface area (Å²) in [5.74, 6) is 0.0758. The maximum Gasteiger partial charge on any atom is 0.261 e. The normalized spacial score (nSPS) is 10.5. The van der Waals surface area contributed by atoms with E-state index in [2.05, 4.69) is 26.6 Å². The van der Waals surface area contributed by atoms with Crippen LogP contribution in [0.4, 0.5) is 5.69 Å². The number of ether oxygens (including phenoxy) is 1. The van der Waals surface area contributed by atoms with Gasteiger partial charge in [0.25, 0.3) is 5.91 Å². The first-order chi connectivity index (χ1) is 11.8. The van der Waals surface area contributed by atoms with Crippen LogP contribution in [0.25, 0.3) is 0 Å². The number of thiocarbonyl (C=S) groups is 1. The summed E-state index contributed by atoms with van der Waals surface area (Å²) >= 11 is 20.5. The second-order valence-corrected chi connectivity index (χ2v) is 7.51. The molecule has 25 heavy (non-hydrogen) atoms. The predicted molar refractivity (Wildman–Crippen MR) is 110 cm³/mol.